The largest absolute Gasteiger partial charge is 0.466 e. The maximum Gasteiger partial charge on any atom is 0.338 e. The molecular weight excluding hydrogens is 470 g/mol. The fraction of sp³-hybridized carbons (Fsp3) is 0.667. The molecule has 3 heterocycles. The number of esters is 2. The summed E-state index contributed by atoms with van der Waals surface area (Å²) in [6.07, 6.45) is 5.60. The number of fused-ring (bicyclic) bond motifs is 2. The molecule has 1 aromatic rings. The first-order valence-electron chi connectivity index (χ1n) is 14.0. The van der Waals surface area contributed by atoms with Crippen LogP contribution in [0.3, 0.4) is 0 Å². The quantitative estimate of drug-likeness (QED) is 0.625. The Morgan fingerprint density at radius 1 is 1.03 bits per heavy atom. The van der Waals surface area contributed by atoms with Crippen LogP contribution in [0.15, 0.2) is 41.5 Å². The number of nitrogens with zero attached hydrogens (tertiary/aromatic N) is 1. The van der Waals surface area contributed by atoms with Crippen LogP contribution in [0.2, 0.25) is 0 Å². The number of ether oxygens (including phenoxy) is 3. The summed E-state index contributed by atoms with van der Waals surface area (Å²) in [5, 5.41) is 12.5. The highest BCUT2D eigenvalue weighted by Gasteiger charge is 2.81. The average molecular weight is 508 g/mol. The van der Waals surface area contributed by atoms with Gasteiger partial charge in [0.25, 0.3) is 0 Å². The minimum atomic E-state index is -1.06. The fourth-order valence-corrected chi connectivity index (χ4v) is 10.2. The molecule has 1 spiro atoms. The Labute approximate surface area is 218 Å². The van der Waals surface area contributed by atoms with E-state index in [4.69, 9.17) is 14.2 Å². The number of piperidine rings is 2. The fourth-order valence-electron chi connectivity index (χ4n) is 10.2. The van der Waals surface area contributed by atoms with Gasteiger partial charge in [-0.1, -0.05) is 24.6 Å². The Bertz CT molecular complexity index is 1170. The molecule has 2 saturated carbocycles. The molecule has 5 fully saturated rings. The molecule has 5 bridgehead atoms. The molecule has 0 amide bonds. The minimum Gasteiger partial charge on any atom is -0.466 e. The van der Waals surface area contributed by atoms with Gasteiger partial charge in [0.2, 0.25) is 0 Å². The number of aliphatic hydroxyl groups is 1. The predicted molar refractivity (Wildman–Crippen MR) is 135 cm³/mol. The molecular formula is C30H37NO6. The number of benzene rings is 1. The third kappa shape index (κ3) is 2.83. The van der Waals surface area contributed by atoms with Gasteiger partial charge in [-0.2, -0.15) is 0 Å². The highest BCUT2D eigenvalue weighted by atomic mass is 16.6. The van der Waals surface area contributed by atoms with E-state index in [1.54, 1.807) is 31.4 Å². The lowest BCUT2D eigenvalue weighted by atomic mass is 9.53. The molecule has 0 aromatic heterocycles. The average Bonchev–Trinajstić information content (AvgIpc) is 3.32. The van der Waals surface area contributed by atoms with Crippen molar-refractivity contribution in [3.63, 3.8) is 0 Å². The van der Waals surface area contributed by atoms with E-state index in [2.05, 4.69) is 11.8 Å². The van der Waals surface area contributed by atoms with E-state index in [1.165, 1.54) is 7.11 Å². The summed E-state index contributed by atoms with van der Waals surface area (Å²) in [6, 6.07) is 9.64. The molecule has 1 N–H and O–H groups in total. The lowest BCUT2D eigenvalue weighted by Crippen LogP contribution is -2.73. The summed E-state index contributed by atoms with van der Waals surface area (Å²) < 4.78 is 17.8. The zero-order chi connectivity index (χ0) is 25.7. The molecule has 1 aromatic carbocycles. The summed E-state index contributed by atoms with van der Waals surface area (Å²) in [6.45, 7) is 2.31. The number of methoxy groups -OCH3 is 2. The maximum absolute atomic E-state index is 13.8. The van der Waals surface area contributed by atoms with Gasteiger partial charge in [0.1, 0.15) is 6.10 Å². The van der Waals surface area contributed by atoms with Crippen molar-refractivity contribution < 1.29 is 28.9 Å². The standard InChI is InChI=1S/C30H37NO6/c1-16-12-13-19-21-14-18-15-29(19,34)26-24(28(33)36-3)25(37-27(32)17-8-5-4-6-9-17)23-20(30(18,26)31(16)21)10-7-11-22(23)35-2/h4-6,8-9,16,18-23,25,34H,7,10-15H2,1-3H3/t16-,18-,19-,20+,21+,22-,23+,25-,29-,30-/m0/s1. The molecule has 7 heteroatoms. The minimum absolute atomic E-state index is 0.0917. The van der Waals surface area contributed by atoms with Crippen LogP contribution in [0.1, 0.15) is 62.2 Å². The first-order chi connectivity index (χ1) is 17.9. The van der Waals surface area contributed by atoms with Crippen LogP contribution in [0.25, 0.3) is 0 Å². The molecule has 3 aliphatic heterocycles. The Morgan fingerprint density at radius 2 is 1.81 bits per heavy atom. The highest BCUT2D eigenvalue weighted by molar-refractivity contribution is 5.95. The van der Waals surface area contributed by atoms with Gasteiger partial charge in [0, 0.05) is 31.0 Å². The molecule has 7 rings (SSSR count). The maximum atomic E-state index is 13.8. The summed E-state index contributed by atoms with van der Waals surface area (Å²) >= 11 is 0. The second kappa shape index (κ2) is 8.14. The lowest BCUT2D eigenvalue weighted by Gasteiger charge is -2.65. The number of hydrogen-bond donors (Lipinski definition) is 1. The van der Waals surface area contributed by atoms with Crippen molar-refractivity contribution >= 4 is 11.9 Å². The van der Waals surface area contributed by atoms with Crippen LogP contribution in [-0.2, 0) is 19.0 Å². The van der Waals surface area contributed by atoms with E-state index >= 15 is 0 Å². The van der Waals surface area contributed by atoms with Crippen LogP contribution in [-0.4, -0.2) is 71.6 Å². The number of carbonyl (C=O) groups excluding carboxylic acids is 2. The molecule has 7 nitrogen and oxygen atoms in total. The second-order valence-electron chi connectivity index (χ2n) is 12.3. The van der Waals surface area contributed by atoms with Gasteiger partial charge >= 0.3 is 11.9 Å². The topological polar surface area (TPSA) is 85.3 Å². The second-order valence-corrected chi connectivity index (χ2v) is 12.3. The van der Waals surface area contributed by atoms with E-state index in [0.717, 1.165) is 44.1 Å². The molecule has 3 aliphatic carbocycles. The van der Waals surface area contributed by atoms with Crippen LogP contribution >= 0.6 is 0 Å². The van der Waals surface area contributed by atoms with Gasteiger partial charge in [-0.3, -0.25) is 4.90 Å². The predicted octanol–water partition coefficient (Wildman–Crippen LogP) is 3.50. The van der Waals surface area contributed by atoms with Crippen molar-refractivity contribution in [2.45, 2.75) is 87.3 Å². The van der Waals surface area contributed by atoms with Gasteiger partial charge in [0.05, 0.1) is 35.5 Å². The Balaban J connectivity index is 1.48. The van der Waals surface area contributed by atoms with E-state index in [9.17, 15) is 14.7 Å². The molecule has 3 saturated heterocycles. The molecule has 37 heavy (non-hydrogen) atoms. The van der Waals surface area contributed by atoms with Crippen molar-refractivity contribution in [3.05, 3.63) is 47.0 Å². The Hall–Kier alpha value is -2.22. The third-order valence-corrected chi connectivity index (χ3v) is 11.1. The van der Waals surface area contributed by atoms with Crippen molar-refractivity contribution in [1.82, 2.24) is 4.90 Å². The van der Waals surface area contributed by atoms with Crippen LogP contribution in [0.5, 0.6) is 0 Å². The first kappa shape index (κ1) is 23.9. The zero-order valence-corrected chi connectivity index (χ0v) is 21.9. The summed E-state index contributed by atoms with van der Waals surface area (Å²) in [5.41, 5.74) is 0.185. The Kier molecular flexibility index (Phi) is 5.25. The van der Waals surface area contributed by atoms with E-state index in [-0.39, 0.29) is 29.8 Å². The summed E-state index contributed by atoms with van der Waals surface area (Å²) in [5.74, 6) is -0.629. The number of rotatable bonds is 4. The molecule has 1 unspecified atom stereocenters. The van der Waals surface area contributed by atoms with E-state index in [1.807, 2.05) is 6.07 Å². The van der Waals surface area contributed by atoms with Gasteiger partial charge < -0.3 is 19.3 Å². The van der Waals surface area contributed by atoms with Crippen molar-refractivity contribution in [1.29, 1.82) is 0 Å². The Morgan fingerprint density at radius 3 is 2.54 bits per heavy atom. The molecule has 11 atom stereocenters. The van der Waals surface area contributed by atoms with E-state index < -0.39 is 29.2 Å². The summed E-state index contributed by atoms with van der Waals surface area (Å²) in [4.78, 5) is 29.9. The molecule has 198 valence electrons. The van der Waals surface area contributed by atoms with Gasteiger partial charge in [-0.15, -0.1) is 0 Å². The van der Waals surface area contributed by atoms with E-state index in [0.29, 0.717) is 29.6 Å². The summed E-state index contributed by atoms with van der Waals surface area (Å²) in [7, 11) is 3.11. The number of hydrogen-bond acceptors (Lipinski definition) is 7. The van der Waals surface area contributed by atoms with Gasteiger partial charge in [-0.25, -0.2) is 9.59 Å². The van der Waals surface area contributed by atoms with Gasteiger partial charge in [-0.05, 0) is 75.0 Å². The smallest absolute Gasteiger partial charge is 0.338 e. The van der Waals surface area contributed by atoms with Gasteiger partial charge in [0.15, 0.2) is 0 Å². The van der Waals surface area contributed by atoms with Crippen LogP contribution in [0.4, 0.5) is 0 Å². The normalized spacial score (nSPS) is 46.9. The van der Waals surface area contributed by atoms with Crippen molar-refractivity contribution in [3.8, 4) is 0 Å². The highest BCUT2D eigenvalue weighted by Crippen LogP contribution is 2.75. The van der Waals surface area contributed by atoms with Crippen LogP contribution < -0.4 is 0 Å². The zero-order valence-electron chi connectivity index (χ0n) is 21.9. The third-order valence-electron chi connectivity index (χ3n) is 11.1. The molecule has 6 aliphatic rings. The number of carbonyl (C=O) groups is 2. The monoisotopic (exact) mass is 507 g/mol. The lowest BCUT2D eigenvalue weighted by molar-refractivity contribution is -0.164. The van der Waals surface area contributed by atoms with Crippen molar-refractivity contribution in [2.75, 3.05) is 14.2 Å². The van der Waals surface area contributed by atoms with Crippen molar-refractivity contribution in [2.24, 2.45) is 23.7 Å². The first-order valence-corrected chi connectivity index (χ1v) is 14.0. The van der Waals surface area contributed by atoms with Crippen LogP contribution in [0, 0.1) is 23.7 Å². The SMILES string of the molecule is COC(=O)C1=C2[C@]3([C@H]4C[C@@H]5[C@H](CC[C@H](C)N53)[C@@]2(O)C4)[C@@H]2CCC[C@H](OC)[C@@H]2[C@@H]1OC(=O)c1ccccc1. The molecule has 0 radical (unpaired) electrons.